The van der Waals surface area contributed by atoms with Crippen molar-refractivity contribution in [1.82, 2.24) is 9.78 Å². The topological polar surface area (TPSA) is 112 Å². The van der Waals surface area contributed by atoms with Crippen LogP contribution in [0.1, 0.15) is 49.4 Å². The molecule has 0 saturated carbocycles. The Hall–Kier alpha value is -2.39. The van der Waals surface area contributed by atoms with E-state index in [0.29, 0.717) is 24.9 Å². The van der Waals surface area contributed by atoms with Crippen LogP contribution in [-0.4, -0.2) is 26.6 Å². The fourth-order valence-electron chi connectivity index (χ4n) is 5.05. The molecule has 2 aliphatic carbocycles. The van der Waals surface area contributed by atoms with E-state index in [1.807, 2.05) is 0 Å². The van der Waals surface area contributed by atoms with E-state index < -0.39 is 15.9 Å². The second-order valence-electron chi connectivity index (χ2n) is 9.91. The molecule has 1 aliphatic heterocycles. The van der Waals surface area contributed by atoms with Crippen molar-refractivity contribution in [3.63, 3.8) is 0 Å². The molecular formula is C22H29N5O3S. The maximum Gasteiger partial charge on any atom is 0.354 e. The standard InChI is InChI=1S/C22H29N5O3S/c1-13-7-15-9-14-5-4-6-16(14)19(17(15)8-13)25-21(28)26-31(23,29)18-10-24-27-11-22(2,3)12-30-20(18)27/h9-10,13H,4-8,11-12H2,1-3H3,(H3,23,25,26,28,29)/t13-,31-/m0/s1. The number of amides is 2. The Bertz CT molecular complexity index is 1210. The van der Waals surface area contributed by atoms with Gasteiger partial charge in [0.15, 0.2) is 9.92 Å². The lowest BCUT2D eigenvalue weighted by Gasteiger charge is -2.30. The normalized spacial score (nSPS) is 22.6. The zero-order valence-electron chi connectivity index (χ0n) is 18.2. The zero-order valence-corrected chi connectivity index (χ0v) is 19.1. The number of benzene rings is 1. The number of nitrogens with one attached hydrogen (secondary N) is 1. The predicted octanol–water partition coefficient (Wildman–Crippen LogP) is 3.46. The van der Waals surface area contributed by atoms with Crippen molar-refractivity contribution in [3.8, 4) is 5.88 Å². The first kappa shape index (κ1) is 20.5. The van der Waals surface area contributed by atoms with E-state index in [4.69, 9.17) is 9.88 Å². The van der Waals surface area contributed by atoms with Gasteiger partial charge >= 0.3 is 6.03 Å². The summed E-state index contributed by atoms with van der Waals surface area (Å²) in [5, 5.41) is 13.2. The summed E-state index contributed by atoms with van der Waals surface area (Å²) >= 11 is 0. The number of carbonyl (C=O) groups excluding carboxylic acids is 1. The number of nitrogens with two attached hydrogens (primary N) is 1. The molecule has 5 rings (SSSR count). The van der Waals surface area contributed by atoms with Gasteiger partial charge in [0.25, 0.3) is 0 Å². The first-order valence-electron chi connectivity index (χ1n) is 10.8. The lowest BCUT2D eigenvalue weighted by atomic mass is 9.94. The second-order valence-corrected chi connectivity index (χ2v) is 11.7. The van der Waals surface area contributed by atoms with Crippen molar-refractivity contribution in [3.05, 3.63) is 34.5 Å². The van der Waals surface area contributed by atoms with Crippen LogP contribution in [0.4, 0.5) is 10.5 Å². The van der Waals surface area contributed by atoms with Crippen LogP contribution in [0, 0.1) is 11.3 Å². The number of ether oxygens (including phenoxy) is 1. The van der Waals surface area contributed by atoms with Crippen LogP contribution in [0.2, 0.25) is 0 Å². The van der Waals surface area contributed by atoms with Crippen molar-refractivity contribution >= 4 is 21.6 Å². The van der Waals surface area contributed by atoms with E-state index in [2.05, 4.69) is 41.6 Å². The Balaban J connectivity index is 1.47. The number of hydrogen-bond acceptors (Lipinski definition) is 4. The van der Waals surface area contributed by atoms with Crippen LogP contribution >= 0.6 is 0 Å². The quantitative estimate of drug-likeness (QED) is 0.740. The highest BCUT2D eigenvalue weighted by Crippen LogP contribution is 2.40. The smallest absolute Gasteiger partial charge is 0.354 e. The number of nitrogens with zero attached hydrogens (tertiary/aromatic N) is 3. The molecule has 0 bridgehead atoms. The van der Waals surface area contributed by atoms with Gasteiger partial charge in [0.2, 0.25) is 5.88 Å². The van der Waals surface area contributed by atoms with Gasteiger partial charge in [-0.05, 0) is 60.3 Å². The van der Waals surface area contributed by atoms with E-state index in [1.54, 1.807) is 4.68 Å². The average molecular weight is 444 g/mol. The van der Waals surface area contributed by atoms with Crippen molar-refractivity contribution in [2.24, 2.45) is 20.8 Å². The van der Waals surface area contributed by atoms with E-state index in [-0.39, 0.29) is 10.3 Å². The summed E-state index contributed by atoms with van der Waals surface area (Å²) in [6.45, 7) is 7.41. The molecule has 0 spiro atoms. The number of fused-ring (bicyclic) bond motifs is 3. The molecule has 1 aromatic carbocycles. The molecule has 3 aliphatic rings. The lowest BCUT2D eigenvalue weighted by Crippen LogP contribution is -2.33. The number of urea groups is 1. The van der Waals surface area contributed by atoms with Crippen molar-refractivity contribution in [2.75, 3.05) is 11.9 Å². The van der Waals surface area contributed by atoms with Crippen molar-refractivity contribution in [1.29, 1.82) is 0 Å². The highest BCUT2D eigenvalue weighted by molar-refractivity contribution is 7.91. The average Bonchev–Trinajstić information content (AvgIpc) is 3.37. The van der Waals surface area contributed by atoms with Gasteiger partial charge in [0.05, 0.1) is 19.3 Å². The van der Waals surface area contributed by atoms with Crippen LogP contribution in [0.5, 0.6) is 5.88 Å². The summed E-state index contributed by atoms with van der Waals surface area (Å²) in [6, 6.07) is 1.61. The molecule has 0 unspecified atom stereocenters. The third-order valence-corrected chi connectivity index (χ3v) is 7.77. The van der Waals surface area contributed by atoms with Gasteiger partial charge in [-0.2, -0.15) is 5.10 Å². The number of anilines is 1. The molecule has 2 heterocycles. The highest BCUT2D eigenvalue weighted by Gasteiger charge is 2.32. The fourth-order valence-corrected chi connectivity index (χ4v) is 6.05. The Kier molecular flexibility index (Phi) is 4.67. The summed E-state index contributed by atoms with van der Waals surface area (Å²) in [6.07, 6.45) is 6.39. The molecule has 0 radical (unpaired) electrons. The molecule has 31 heavy (non-hydrogen) atoms. The maximum atomic E-state index is 13.2. The molecule has 1 aromatic heterocycles. The Morgan fingerprint density at radius 1 is 1.32 bits per heavy atom. The van der Waals surface area contributed by atoms with Crippen LogP contribution < -0.4 is 15.2 Å². The molecule has 0 saturated heterocycles. The van der Waals surface area contributed by atoms with E-state index in [1.165, 1.54) is 28.5 Å². The second kappa shape index (κ2) is 7.06. The predicted molar refractivity (Wildman–Crippen MR) is 119 cm³/mol. The first-order valence-corrected chi connectivity index (χ1v) is 12.4. The van der Waals surface area contributed by atoms with Crippen LogP contribution in [0.25, 0.3) is 0 Å². The monoisotopic (exact) mass is 443 g/mol. The number of hydrogen-bond donors (Lipinski definition) is 2. The Labute approximate surface area is 182 Å². The van der Waals surface area contributed by atoms with Gasteiger partial charge in [-0.25, -0.2) is 18.8 Å². The number of aromatic nitrogens is 2. The summed E-state index contributed by atoms with van der Waals surface area (Å²) in [4.78, 5) is 13.0. The number of rotatable bonds is 2. The Morgan fingerprint density at radius 3 is 2.94 bits per heavy atom. The molecule has 0 fully saturated rings. The third-order valence-electron chi connectivity index (χ3n) is 6.42. The molecule has 2 amide bonds. The third kappa shape index (κ3) is 3.63. The van der Waals surface area contributed by atoms with Crippen LogP contribution in [-0.2, 0) is 42.1 Å². The van der Waals surface area contributed by atoms with Crippen LogP contribution in [0.3, 0.4) is 0 Å². The van der Waals surface area contributed by atoms with Gasteiger partial charge in [-0.15, -0.1) is 4.36 Å². The molecule has 2 atom stereocenters. The summed E-state index contributed by atoms with van der Waals surface area (Å²) in [5.74, 6) is 0.878. The largest absolute Gasteiger partial charge is 0.476 e. The molecule has 9 heteroatoms. The minimum absolute atomic E-state index is 0.0918. The van der Waals surface area contributed by atoms with Gasteiger partial charge < -0.3 is 10.1 Å². The molecule has 8 nitrogen and oxygen atoms in total. The van der Waals surface area contributed by atoms with Crippen molar-refractivity contribution < 1.29 is 13.7 Å². The zero-order chi connectivity index (χ0) is 22.0. The van der Waals surface area contributed by atoms with Crippen LogP contribution in [0.15, 0.2) is 21.5 Å². The minimum atomic E-state index is -3.50. The highest BCUT2D eigenvalue weighted by atomic mass is 32.2. The lowest BCUT2D eigenvalue weighted by molar-refractivity contribution is 0.0972. The maximum absolute atomic E-state index is 13.2. The minimum Gasteiger partial charge on any atom is -0.476 e. The van der Waals surface area contributed by atoms with E-state index >= 15 is 0 Å². The van der Waals surface area contributed by atoms with Gasteiger partial charge in [-0.3, -0.25) is 0 Å². The summed E-state index contributed by atoms with van der Waals surface area (Å²) < 4.78 is 24.5. The molecular weight excluding hydrogens is 414 g/mol. The fraction of sp³-hybridized carbons (Fsp3) is 0.545. The first-order chi connectivity index (χ1) is 14.6. The SMILES string of the molecule is C[C@H]1Cc2cc3c(c(NC(=O)N=[S@](N)(=O)c4cnn5c4OCC(C)(C)C5)c2C1)CCC3. The number of carbonyl (C=O) groups is 1. The number of aryl methyl sites for hydroxylation is 1. The van der Waals surface area contributed by atoms with Crippen molar-refractivity contribution in [2.45, 2.75) is 64.3 Å². The summed E-state index contributed by atoms with van der Waals surface area (Å²) in [7, 11) is -3.50. The van der Waals surface area contributed by atoms with Gasteiger partial charge in [-0.1, -0.05) is 26.8 Å². The Morgan fingerprint density at radius 2 is 2.13 bits per heavy atom. The molecule has 2 aromatic rings. The van der Waals surface area contributed by atoms with Gasteiger partial charge in [0, 0.05) is 11.1 Å². The van der Waals surface area contributed by atoms with E-state index in [0.717, 1.165) is 37.8 Å². The van der Waals surface area contributed by atoms with E-state index in [9.17, 15) is 9.00 Å². The molecule has 166 valence electrons. The molecule has 3 N–H and O–H groups in total. The van der Waals surface area contributed by atoms with Gasteiger partial charge in [0.1, 0.15) is 4.90 Å². The summed E-state index contributed by atoms with van der Waals surface area (Å²) in [5.41, 5.74) is 5.75.